The predicted octanol–water partition coefficient (Wildman–Crippen LogP) is 4.28. The molecule has 8 nitrogen and oxygen atoms in total. The lowest BCUT2D eigenvalue weighted by Crippen LogP contribution is -2.07. The number of fused-ring (bicyclic) bond motifs is 1. The van der Waals surface area contributed by atoms with Crippen LogP contribution < -0.4 is 5.73 Å². The number of rotatable bonds is 5. The van der Waals surface area contributed by atoms with Crippen LogP contribution in [0.2, 0.25) is 0 Å². The number of imidazole rings is 1. The van der Waals surface area contributed by atoms with Gasteiger partial charge in [-0.15, -0.1) is 0 Å². The van der Waals surface area contributed by atoms with E-state index in [2.05, 4.69) is 48.8 Å². The van der Waals surface area contributed by atoms with Gasteiger partial charge in [0.05, 0.1) is 29.1 Å². The first-order valence-corrected chi connectivity index (χ1v) is 11.0. The molecule has 4 aromatic rings. The zero-order chi connectivity index (χ0) is 22.9. The predicted molar refractivity (Wildman–Crippen MR) is 130 cm³/mol. The Bertz CT molecular complexity index is 1370. The molecule has 0 bridgehead atoms. The Balaban J connectivity index is 1.48. The summed E-state index contributed by atoms with van der Waals surface area (Å²) in [5, 5.41) is 0. The van der Waals surface area contributed by atoms with Gasteiger partial charge in [0.25, 0.3) is 0 Å². The first-order valence-electron chi connectivity index (χ1n) is 11.0. The van der Waals surface area contributed by atoms with Crippen LogP contribution in [-0.2, 0) is 6.54 Å². The molecule has 0 unspecified atom stereocenters. The Morgan fingerprint density at radius 2 is 1.94 bits per heavy atom. The fraction of sp³-hybridized carbons (Fsp3) is 0.280. The number of hydrogen-bond donors (Lipinski definition) is 1. The Kier molecular flexibility index (Phi) is 5.42. The van der Waals surface area contributed by atoms with Gasteiger partial charge in [-0.2, -0.15) is 0 Å². The molecule has 8 heteroatoms. The quantitative estimate of drug-likeness (QED) is 0.370. The molecule has 0 amide bonds. The Hall–Kier alpha value is -3.94. The van der Waals surface area contributed by atoms with Gasteiger partial charge in [-0.05, 0) is 51.0 Å². The third kappa shape index (κ3) is 4.50. The van der Waals surface area contributed by atoms with E-state index >= 15 is 0 Å². The number of nitrogens with zero attached hydrogens (tertiary/aromatic N) is 7. The summed E-state index contributed by atoms with van der Waals surface area (Å²) in [6.45, 7) is 6.18. The molecule has 2 N–H and O–H groups in total. The lowest BCUT2D eigenvalue weighted by atomic mass is 10.2. The molecular weight excluding hydrogens is 412 g/mol. The van der Waals surface area contributed by atoms with Crippen LogP contribution in [0.15, 0.2) is 64.8 Å². The van der Waals surface area contributed by atoms with E-state index in [1.807, 2.05) is 38.2 Å². The minimum absolute atomic E-state index is 0.283. The summed E-state index contributed by atoms with van der Waals surface area (Å²) in [7, 11) is 0. The lowest BCUT2D eigenvalue weighted by molar-refractivity contribution is 0.733. The van der Waals surface area contributed by atoms with Gasteiger partial charge in [0.15, 0.2) is 5.82 Å². The highest BCUT2D eigenvalue weighted by molar-refractivity contribution is 5.94. The highest BCUT2D eigenvalue weighted by atomic mass is 15.1. The number of hydrogen-bond acceptors (Lipinski definition) is 5. The van der Waals surface area contributed by atoms with E-state index < -0.39 is 0 Å². The van der Waals surface area contributed by atoms with Crippen molar-refractivity contribution in [2.24, 2.45) is 15.7 Å². The first-order chi connectivity index (χ1) is 16.0. The number of amidine groups is 2. The Morgan fingerprint density at radius 1 is 1.09 bits per heavy atom. The molecule has 5 rings (SSSR count). The van der Waals surface area contributed by atoms with Crippen LogP contribution in [0, 0.1) is 6.92 Å². The number of benzene rings is 1. The molecule has 2 atom stereocenters. The van der Waals surface area contributed by atoms with Crippen molar-refractivity contribution in [1.29, 1.82) is 0 Å². The third-order valence-corrected chi connectivity index (χ3v) is 5.71. The minimum Gasteiger partial charge on any atom is -0.387 e. The number of aromatic nitrogens is 5. The summed E-state index contributed by atoms with van der Waals surface area (Å²) in [6, 6.07) is 14.3. The van der Waals surface area contributed by atoms with Crippen LogP contribution in [-0.4, -0.2) is 36.2 Å². The van der Waals surface area contributed by atoms with E-state index in [1.54, 1.807) is 13.1 Å². The SMILES string of the molecule is CC(N)=NC(C)=Nc1cc([C@@H]2C[C@H]2c2nc3ccccc3n2Cc2cccnc2)nc(C)n1. The summed E-state index contributed by atoms with van der Waals surface area (Å²) in [4.78, 5) is 27.2. The zero-order valence-electron chi connectivity index (χ0n) is 19.0. The van der Waals surface area contributed by atoms with Crippen molar-refractivity contribution in [3.8, 4) is 0 Å². The summed E-state index contributed by atoms with van der Waals surface area (Å²) >= 11 is 0. The number of para-hydroxylation sites is 2. The molecule has 33 heavy (non-hydrogen) atoms. The minimum atomic E-state index is 0.283. The average Bonchev–Trinajstić information content (AvgIpc) is 3.49. The highest BCUT2D eigenvalue weighted by Gasteiger charge is 2.44. The smallest absolute Gasteiger partial charge is 0.157 e. The second-order valence-corrected chi connectivity index (χ2v) is 8.47. The summed E-state index contributed by atoms with van der Waals surface area (Å²) < 4.78 is 2.31. The van der Waals surface area contributed by atoms with Gasteiger partial charge in [0, 0.05) is 30.3 Å². The standard InChI is InChI=1S/C25H26N8/c1-15(26)28-16(2)30-24-12-22(29-17(3)31-24)19-11-20(19)25-32-21-8-4-5-9-23(21)33(25)14-18-7-6-10-27-13-18/h4-10,12-13,19-20H,11,14H2,1-3H3,(H2,26,28,29,30,31)/t19-,20-/m1/s1. The summed E-state index contributed by atoms with van der Waals surface area (Å²) in [5.74, 6) is 4.01. The van der Waals surface area contributed by atoms with E-state index in [0.29, 0.717) is 29.2 Å². The molecule has 0 saturated heterocycles. The van der Waals surface area contributed by atoms with Gasteiger partial charge in [-0.3, -0.25) is 4.98 Å². The van der Waals surface area contributed by atoms with E-state index in [9.17, 15) is 0 Å². The van der Waals surface area contributed by atoms with Crippen LogP contribution in [0.1, 0.15) is 55.0 Å². The summed E-state index contributed by atoms with van der Waals surface area (Å²) in [5.41, 5.74) is 9.96. The second kappa shape index (κ2) is 8.54. The number of nitrogens with two attached hydrogens (primary N) is 1. The van der Waals surface area contributed by atoms with Crippen molar-refractivity contribution in [2.75, 3.05) is 0 Å². The molecule has 1 saturated carbocycles. The molecule has 1 fully saturated rings. The largest absolute Gasteiger partial charge is 0.387 e. The van der Waals surface area contributed by atoms with Crippen molar-refractivity contribution >= 4 is 28.5 Å². The average molecular weight is 439 g/mol. The maximum Gasteiger partial charge on any atom is 0.157 e. The lowest BCUT2D eigenvalue weighted by Gasteiger charge is -2.09. The Labute approximate surface area is 192 Å². The molecule has 3 heterocycles. The molecule has 1 aromatic carbocycles. The van der Waals surface area contributed by atoms with Crippen LogP contribution in [0.3, 0.4) is 0 Å². The van der Waals surface area contributed by atoms with Gasteiger partial charge in [-0.1, -0.05) is 18.2 Å². The van der Waals surface area contributed by atoms with Crippen LogP contribution in [0.4, 0.5) is 5.82 Å². The normalized spacial score (nSPS) is 18.6. The molecule has 3 aromatic heterocycles. The topological polar surface area (TPSA) is 107 Å². The first kappa shape index (κ1) is 20.9. The fourth-order valence-corrected chi connectivity index (χ4v) is 4.29. The van der Waals surface area contributed by atoms with Crippen LogP contribution in [0.25, 0.3) is 11.0 Å². The van der Waals surface area contributed by atoms with Crippen molar-refractivity contribution in [1.82, 2.24) is 24.5 Å². The van der Waals surface area contributed by atoms with E-state index in [0.717, 1.165) is 41.1 Å². The van der Waals surface area contributed by atoms with Crippen molar-refractivity contribution in [3.05, 3.63) is 77.8 Å². The monoisotopic (exact) mass is 438 g/mol. The van der Waals surface area contributed by atoms with Crippen molar-refractivity contribution < 1.29 is 0 Å². The number of pyridine rings is 1. The molecule has 0 aliphatic heterocycles. The molecule has 0 radical (unpaired) electrons. The van der Waals surface area contributed by atoms with Gasteiger partial charge in [-0.25, -0.2) is 24.9 Å². The fourth-order valence-electron chi connectivity index (χ4n) is 4.29. The number of aliphatic imine (C=N–C) groups is 2. The van der Waals surface area contributed by atoms with E-state index in [-0.39, 0.29) is 5.92 Å². The van der Waals surface area contributed by atoms with E-state index in [1.165, 1.54) is 0 Å². The molecule has 166 valence electrons. The van der Waals surface area contributed by atoms with Crippen molar-refractivity contribution in [2.45, 2.75) is 45.6 Å². The van der Waals surface area contributed by atoms with Crippen LogP contribution >= 0.6 is 0 Å². The molecule has 0 spiro atoms. The van der Waals surface area contributed by atoms with Gasteiger partial charge in [0.1, 0.15) is 17.5 Å². The third-order valence-electron chi connectivity index (χ3n) is 5.71. The molecule has 1 aliphatic rings. The van der Waals surface area contributed by atoms with Gasteiger partial charge >= 0.3 is 0 Å². The molecular formula is C25H26N8. The zero-order valence-corrected chi connectivity index (χ0v) is 19.0. The van der Waals surface area contributed by atoms with Gasteiger partial charge < -0.3 is 10.3 Å². The highest BCUT2D eigenvalue weighted by Crippen LogP contribution is 2.54. The maximum atomic E-state index is 5.67. The summed E-state index contributed by atoms with van der Waals surface area (Å²) in [6.07, 6.45) is 4.70. The molecule has 1 aliphatic carbocycles. The van der Waals surface area contributed by atoms with E-state index in [4.69, 9.17) is 15.7 Å². The van der Waals surface area contributed by atoms with Gasteiger partial charge in [0.2, 0.25) is 0 Å². The number of aryl methyl sites for hydroxylation is 1. The second-order valence-electron chi connectivity index (χ2n) is 8.47. The van der Waals surface area contributed by atoms with Crippen LogP contribution in [0.5, 0.6) is 0 Å². The maximum absolute atomic E-state index is 5.67. The Morgan fingerprint density at radius 3 is 2.73 bits per heavy atom. The van der Waals surface area contributed by atoms with Crippen molar-refractivity contribution in [3.63, 3.8) is 0 Å².